The Balaban J connectivity index is 2.05. The summed E-state index contributed by atoms with van der Waals surface area (Å²) < 4.78 is 1.77. The molecular weight excluding hydrogens is 274 g/mol. The number of rotatable bonds is 6. The van der Waals surface area contributed by atoms with Gasteiger partial charge >= 0.3 is 0 Å². The molecule has 1 amide bonds. The van der Waals surface area contributed by atoms with E-state index in [1.165, 1.54) is 0 Å². The quantitative estimate of drug-likeness (QED) is 0.820. The first-order valence-electron chi connectivity index (χ1n) is 7.13. The van der Waals surface area contributed by atoms with Gasteiger partial charge in [-0.3, -0.25) is 4.79 Å². The van der Waals surface area contributed by atoms with Crippen molar-refractivity contribution >= 4 is 17.7 Å². The lowest BCUT2D eigenvalue weighted by atomic mass is 9.80. The van der Waals surface area contributed by atoms with Crippen molar-refractivity contribution in [3.63, 3.8) is 0 Å². The number of aromatic nitrogens is 3. The molecule has 7 heteroatoms. The van der Waals surface area contributed by atoms with E-state index in [0.717, 1.165) is 43.8 Å². The molecule has 1 aliphatic carbocycles. The minimum absolute atomic E-state index is 0.228. The number of hydrogen-bond donors (Lipinski definition) is 2. The highest BCUT2D eigenvalue weighted by Crippen LogP contribution is 2.37. The van der Waals surface area contributed by atoms with Crippen LogP contribution in [0.15, 0.2) is 11.5 Å². The van der Waals surface area contributed by atoms with Gasteiger partial charge in [-0.25, -0.2) is 9.67 Å². The summed E-state index contributed by atoms with van der Waals surface area (Å²) in [5.74, 6) is -0.228. The predicted molar refractivity (Wildman–Crippen MR) is 79.3 cm³/mol. The van der Waals surface area contributed by atoms with Crippen molar-refractivity contribution in [1.82, 2.24) is 20.1 Å². The number of nitrogens with zero attached hydrogens (tertiary/aromatic N) is 3. The number of amides is 1. The van der Waals surface area contributed by atoms with E-state index in [0.29, 0.717) is 5.25 Å². The molecule has 20 heavy (non-hydrogen) atoms. The van der Waals surface area contributed by atoms with Crippen molar-refractivity contribution in [2.45, 2.75) is 55.0 Å². The lowest BCUT2D eigenvalue weighted by Crippen LogP contribution is -2.58. The van der Waals surface area contributed by atoms with Crippen molar-refractivity contribution in [3.8, 4) is 0 Å². The molecule has 0 aliphatic heterocycles. The van der Waals surface area contributed by atoms with Crippen LogP contribution < -0.4 is 11.1 Å². The van der Waals surface area contributed by atoms with Crippen LogP contribution in [0.25, 0.3) is 0 Å². The Morgan fingerprint density at radius 3 is 3.10 bits per heavy atom. The average molecular weight is 297 g/mol. The Morgan fingerprint density at radius 2 is 2.50 bits per heavy atom. The van der Waals surface area contributed by atoms with Crippen molar-refractivity contribution in [2.24, 2.45) is 12.8 Å². The first-order valence-corrected chi connectivity index (χ1v) is 8.01. The average Bonchev–Trinajstić information content (AvgIpc) is 2.82. The fraction of sp³-hybridized carbons (Fsp3) is 0.769. The van der Waals surface area contributed by atoms with Crippen LogP contribution in [-0.2, 0) is 11.8 Å². The van der Waals surface area contributed by atoms with Crippen LogP contribution in [0.5, 0.6) is 0 Å². The zero-order valence-corrected chi connectivity index (χ0v) is 12.9. The highest BCUT2D eigenvalue weighted by atomic mass is 32.2. The Bertz CT molecular complexity index is 463. The summed E-state index contributed by atoms with van der Waals surface area (Å²) >= 11 is 1.69. The van der Waals surface area contributed by atoms with Gasteiger partial charge in [0, 0.05) is 12.3 Å². The van der Waals surface area contributed by atoms with Crippen LogP contribution in [0.2, 0.25) is 0 Å². The molecule has 3 N–H and O–H groups in total. The fourth-order valence-electron chi connectivity index (χ4n) is 2.70. The standard InChI is InChI=1S/C13H23N5OS/c1-3-7-16-13(11(14)19)6-4-5-10(8-13)20-12-15-9-17-18(12)2/h9-10,16H,3-8H2,1-2H3,(H2,14,19). The zero-order valence-electron chi connectivity index (χ0n) is 12.1. The summed E-state index contributed by atoms with van der Waals surface area (Å²) in [7, 11) is 1.88. The molecule has 6 nitrogen and oxygen atoms in total. The first-order chi connectivity index (χ1) is 9.57. The molecule has 2 atom stereocenters. The van der Waals surface area contributed by atoms with Gasteiger partial charge in [0.2, 0.25) is 5.91 Å². The maximum Gasteiger partial charge on any atom is 0.237 e. The van der Waals surface area contributed by atoms with Gasteiger partial charge in [0.05, 0.1) is 5.54 Å². The predicted octanol–water partition coefficient (Wildman–Crippen LogP) is 1.07. The molecule has 2 unspecified atom stereocenters. The molecular formula is C13H23N5OS. The molecule has 0 bridgehead atoms. The van der Waals surface area contributed by atoms with E-state index in [2.05, 4.69) is 22.3 Å². The molecule has 1 aromatic heterocycles. The van der Waals surface area contributed by atoms with Crippen molar-refractivity contribution in [2.75, 3.05) is 6.54 Å². The molecule has 0 saturated heterocycles. The Hall–Kier alpha value is -1.08. The minimum atomic E-state index is -0.551. The number of aryl methyl sites for hydroxylation is 1. The van der Waals surface area contributed by atoms with Crippen LogP contribution in [0.3, 0.4) is 0 Å². The number of nitrogens with one attached hydrogen (secondary N) is 1. The summed E-state index contributed by atoms with van der Waals surface area (Å²) in [6, 6.07) is 0. The van der Waals surface area contributed by atoms with E-state index < -0.39 is 5.54 Å². The monoisotopic (exact) mass is 297 g/mol. The summed E-state index contributed by atoms with van der Waals surface area (Å²) in [4.78, 5) is 16.2. The minimum Gasteiger partial charge on any atom is -0.368 e. The molecule has 2 rings (SSSR count). The molecule has 0 aromatic carbocycles. The number of carbonyl (C=O) groups is 1. The van der Waals surface area contributed by atoms with Crippen molar-refractivity contribution in [1.29, 1.82) is 0 Å². The summed E-state index contributed by atoms with van der Waals surface area (Å²) in [6.45, 7) is 2.92. The summed E-state index contributed by atoms with van der Waals surface area (Å²) in [5, 5.41) is 8.70. The van der Waals surface area contributed by atoms with E-state index in [9.17, 15) is 4.79 Å². The van der Waals surface area contributed by atoms with Gasteiger partial charge in [0.25, 0.3) is 0 Å². The molecule has 1 saturated carbocycles. The van der Waals surface area contributed by atoms with Crippen molar-refractivity contribution < 1.29 is 4.79 Å². The Kier molecular flexibility index (Phi) is 5.04. The maximum atomic E-state index is 11.9. The zero-order chi connectivity index (χ0) is 14.6. The Labute approximate surface area is 123 Å². The van der Waals surface area contributed by atoms with E-state index >= 15 is 0 Å². The number of thioether (sulfide) groups is 1. The van der Waals surface area contributed by atoms with Crippen molar-refractivity contribution in [3.05, 3.63) is 6.33 Å². The number of nitrogens with two attached hydrogens (primary N) is 1. The third kappa shape index (κ3) is 3.32. The molecule has 1 heterocycles. The van der Waals surface area contributed by atoms with Crippen LogP contribution >= 0.6 is 11.8 Å². The molecule has 1 aromatic rings. The molecule has 0 radical (unpaired) electrons. The molecule has 112 valence electrons. The normalized spacial score (nSPS) is 26.6. The second-order valence-electron chi connectivity index (χ2n) is 5.38. The van der Waals surface area contributed by atoms with E-state index in [1.807, 2.05) is 7.05 Å². The maximum absolute atomic E-state index is 11.9. The van der Waals surface area contributed by atoms with Crippen LogP contribution in [-0.4, -0.2) is 38.0 Å². The molecule has 1 aliphatic rings. The molecule has 1 fully saturated rings. The van der Waals surface area contributed by atoms with Gasteiger partial charge in [-0.15, -0.1) is 0 Å². The van der Waals surface area contributed by atoms with Gasteiger partial charge in [-0.05, 0) is 38.6 Å². The fourth-order valence-corrected chi connectivity index (χ4v) is 3.96. The number of hydrogen-bond acceptors (Lipinski definition) is 5. The largest absolute Gasteiger partial charge is 0.368 e. The van der Waals surface area contributed by atoms with Gasteiger partial charge in [0.15, 0.2) is 5.16 Å². The highest BCUT2D eigenvalue weighted by Gasteiger charge is 2.41. The number of primary amides is 1. The van der Waals surface area contributed by atoms with E-state index in [-0.39, 0.29) is 5.91 Å². The lowest BCUT2D eigenvalue weighted by Gasteiger charge is -2.38. The van der Waals surface area contributed by atoms with Crippen LogP contribution in [0.1, 0.15) is 39.0 Å². The summed E-state index contributed by atoms with van der Waals surface area (Å²) in [6.07, 6.45) is 6.24. The van der Waals surface area contributed by atoms with E-state index in [4.69, 9.17) is 5.73 Å². The van der Waals surface area contributed by atoms with Gasteiger partial charge in [0.1, 0.15) is 6.33 Å². The first kappa shape index (κ1) is 15.3. The third-order valence-corrected chi connectivity index (χ3v) is 5.15. The van der Waals surface area contributed by atoms with E-state index in [1.54, 1.807) is 22.8 Å². The van der Waals surface area contributed by atoms with Crippen LogP contribution in [0, 0.1) is 0 Å². The highest BCUT2D eigenvalue weighted by molar-refractivity contribution is 7.99. The molecule has 0 spiro atoms. The second kappa shape index (κ2) is 6.58. The van der Waals surface area contributed by atoms with Gasteiger partial charge < -0.3 is 11.1 Å². The number of carbonyl (C=O) groups excluding carboxylic acids is 1. The van der Waals surface area contributed by atoms with Gasteiger partial charge in [-0.1, -0.05) is 18.7 Å². The lowest BCUT2D eigenvalue weighted by molar-refractivity contribution is -0.125. The third-order valence-electron chi connectivity index (χ3n) is 3.83. The summed E-state index contributed by atoms with van der Waals surface area (Å²) in [5.41, 5.74) is 5.11. The Morgan fingerprint density at radius 1 is 1.70 bits per heavy atom. The SMILES string of the molecule is CCCNC1(C(N)=O)CCCC(Sc2ncnn2C)C1. The topological polar surface area (TPSA) is 85.8 Å². The van der Waals surface area contributed by atoms with Crippen LogP contribution in [0.4, 0.5) is 0 Å². The second-order valence-corrected chi connectivity index (χ2v) is 6.64. The van der Waals surface area contributed by atoms with Gasteiger partial charge in [-0.2, -0.15) is 5.10 Å². The smallest absolute Gasteiger partial charge is 0.237 e.